The van der Waals surface area contributed by atoms with Gasteiger partial charge in [0.05, 0.1) is 24.9 Å². The van der Waals surface area contributed by atoms with Crippen LogP contribution in [0.25, 0.3) is 0 Å². The second-order valence-electron chi connectivity index (χ2n) is 6.09. The molecule has 1 aromatic carbocycles. The topological polar surface area (TPSA) is 108 Å². The summed E-state index contributed by atoms with van der Waals surface area (Å²) < 4.78 is 12.8. The maximum absolute atomic E-state index is 11.6. The van der Waals surface area contributed by atoms with Crippen molar-refractivity contribution in [1.82, 2.24) is 14.9 Å². The highest BCUT2D eigenvalue weighted by molar-refractivity contribution is 7.71. The molecule has 0 unspecified atom stereocenters. The molecule has 0 aliphatic carbocycles. The number of methoxy groups -OCH3 is 1. The molecule has 0 fully saturated rings. The summed E-state index contributed by atoms with van der Waals surface area (Å²) >= 11 is 5.15. The van der Waals surface area contributed by atoms with Gasteiger partial charge >= 0.3 is 5.69 Å². The number of aromatic amines is 1. The third kappa shape index (κ3) is 5.38. The number of benzene rings is 1. The van der Waals surface area contributed by atoms with Crippen molar-refractivity contribution in [3.8, 4) is 11.5 Å². The van der Waals surface area contributed by atoms with Gasteiger partial charge in [-0.3, -0.25) is 15.2 Å². The quantitative estimate of drug-likeness (QED) is 0.196. The van der Waals surface area contributed by atoms with Crippen molar-refractivity contribution >= 4 is 24.1 Å². The highest BCUT2D eigenvalue weighted by Crippen LogP contribution is 2.38. The van der Waals surface area contributed by atoms with Gasteiger partial charge in [-0.05, 0) is 24.7 Å². The molecule has 2 aromatic rings. The van der Waals surface area contributed by atoms with Gasteiger partial charge < -0.3 is 9.47 Å². The molecule has 1 aromatic heterocycles. The van der Waals surface area contributed by atoms with Crippen molar-refractivity contribution in [1.29, 1.82) is 0 Å². The first-order valence-corrected chi connectivity index (χ1v) is 9.62. The van der Waals surface area contributed by atoms with Crippen LogP contribution < -0.4 is 9.47 Å². The van der Waals surface area contributed by atoms with E-state index < -0.39 is 4.92 Å². The van der Waals surface area contributed by atoms with Crippen LogP contribution in [-0.4, -0.2) is 39.7 Å². The summed E-state index contributed by atoms with van der Waals surface area (Å²) in [5.74, 6) is 1.09. The molecule has 2 rings (SSSR count). The Kier molecular flexibility index (Phi) is 8.12. The predicted octanol–water partition coefficient (Wildman–Crippen LogP) is 4.26. The molecular formula is C18H25N5O4S. The van der Waals surface area contributed by atoms with Crippen molar-refractivity contribution in [3.63, 3.8) is 0 Å². The molecule has 0 bridgehead atoms. The fraction of sp³-hybridized carbons (Fsp3) is 0.500. The van der Waals surface area contributed by atoms with Gasteiger partial charge in [-0.2, -0.15) is 14.9 Å². The second kappa shape index (κ2) is 10.5. The molecule has 0 spiro atoms. The number of hydrogen-bond donors (Lipinski definition) is 1. The number of hydrogen-bond acceptors (Lipinski definition) is 7. The zero-order valence-corrected chi connectivity index (χ0v) is 17.1. The number of ether oxygens (including phenoxy) is 2. The van der Waals surface area contributed by atoms with Gasteiger partial charge in [0.2, 0.25) is 10.5 Å². The van der Waals surface area contributed by atoms with Crippen LogP contribution in [0.3, 0.4) is 0 Å². The summed E-state index contributed by atoms with van der Waals surface area (Å²) in [6.45, 7) is 4.45. The minimum atomic E-state index is -0.484. The van der Waals surface area contributed by atoms with Gasteiger partial charge in [-0.15, -0.1) is 0 Å². The number of nitro groups is 1. The normalized spacial score (nSPS) is 11.1. The molecule has 9 nitrogen and oxygen atoms in total. The smallest absolute Gasteiger partial charge is 0.315 e. The summed E-state index contributed by atoms with van der Waals surface area (Å²) in [5, 5.41) is 22.6. The van der Waals surface area contributed by atoms with Gasteiger partial charge in [0.1, 0.15) is 0 Å². The van der Waals surface area contributed by atoms with Crippen LogP contribution in [0, 0.1) is 14.9 Å². The third-order valence-electron chi connectivity index (χ3n) is 4.07. The first-order chi connectivity index (χ1) is 13.5. The molecule has 0 amide bonds. The van der Waals surface area contributed by atoms with E-state index in [0.29, 0.717) is 29.2 Å². The molecule has 0 saturated carbocycles. The van der Waals surface area contributed by atoms with Gasteiger partial charge in [-0.25, -0.2) is 0 Å². The van der Waals surface area contributed by atoms with E-state index in [2.05, 4.69) is 22.2 Å². The lowest BCUT2D eigenvalue weighted by atomic mass is 10.1. The summed E-state index contributed by atoms with van der Waals surface area (Å²) in [7, 11) is 1.45. The van der Waals surface area contributed by atoms with Crippen molar-refractivity contribution in [2.75, 3.05) is 13.7 Å². The van der Waals surface area contributed by atoms with Crippen LogP contribution in [0.1, 0.15) is 50.9 Å². The average molecular weight is 407 g/mol. The second-order valence-corrected chi connectivity index (χ2v) is 6.48. The van der Waals surface area contributed by atoms with Gasteiger partial charge in [0.15, 0.2) is 11.6 Å². The Bertz CT molecular complexity index is 891. The number of nitrogens with zero attached hydrogens (tertiary/aromatic N) is 4. The lowest BCUT2D eigenvalue weighted by Crippen LogP contribution is -2.04. The largest absolute Gasteiger partial charge is 0.493 e. The highest BCUT2D eigenvalue weighted by atomic mass is 32.1. The van der Waals surface area contributed by atoms with Gasteiger partial charge in [0.25, 0.3) is 0 Å². The monoisotopic (exact) mass is 407 g/mol. The molecule has 0 atom stereocenters. The fourth-order valence-electron chi connectivity index (χ4n) is 2.61. The van der Waals surface area contributed by atoms with Crippen LogP contribution in [-0.2, 0) is 6.42 Å². The first-order valence-electron chi connectivity index (χ1n) is 9.21. The standard InChI is InChI=1S/C18H25N5O4S/c1-4-6-7-8-9-27-17-14(23(24)25)10-13(11-15(17)26-3)12-19-22-16(5-2)20-21-18(22)28/h10-12H,4-9H2,1-3H3,(H,21,28)/b19-12-. The molecule has 0 aliphatic rings. The van der Waals surface area contributed by atoms with E-state index >= 15 is 0 Å². The molecule has 1 N–H and O–H groups in total. The average Bonchev–Trinajstić information content (AvgIpc) is 3.05. The first kappa shape index (κ1) is 21.5. The van der Waals surface area contributed by atoms with Crippen LogP contribution in [0.5, 0.6) is 11.5 Å². The number of rotatable bonds is 11. The molecular weight excluding hydrogens is 382 g/mol. The number of unbranched alkanes of at least 4 members (excludes halogenated alkanes) is 3. The Morgan fingerprint density at radius 3 is 2.79 bits per heavy atom. The summed E-state index contributed by atoms with van der Waals surface area (Å²) in [5.41, 5.74) is 0.329. The third-order valence-corrected chi connectivity index (χ3v) is 4.34. The molecule has 0 radical (unpaired) electrons. The Hall–Kier alpha value is -2.75. The Balaban J connectivity index is 2.30. The van der Waals surface area contributed by atoms with E-state index in [1.165, 1.54) is 24.1 Å². The maximum Gasteiger partial charge on any atom is 0.315 e. The molecule has 152 valence electrons. The van der Waals surface area contributed by atoms with Crippen molar-refractivity contribution in [2.24, 2.45) is 5.10 Å². The Morgan fingerprint density at radius 2 is 2.14 bits per heavy atom. The highest BCUT2D eigenvalue weighted by Gasteiger charge is 2.22. The Labute approximate surface area is 168 Å². The number of nitro benzene ring substituents is 1. The Morgan fingerprint density at radius 1 is 1.36 bits per heavy atom. The molecule has 10 heteroatoms. The SMILES string of the molecule is CCCCCCOc1c(OC)cc(/C=N\n2c(CC)n[nH]c2=S)cc1[N+](=O)[O-]. The number of nitrogens with one attached hydrogen (secondary N) is 1. The molecule has 0 saturated heterocycles. The molecule has 0 aliphatic heterocycles. The van der Waals surface area contributed by atoms with E-state index in [4.69, 9.17) is 21.7 Å². The lowest BCUT2D eigenvalue weighted by molar-refractivity contribution is -0.386. The lowest BCUT2D eigenvalue weighted by Gasteiger charge is -2.12. The minimum absolute atomic E-state index is 0.135. The van der Waals surface area contributed by atoms with Crippen LogP contribution in [0.15, 0.2) is 17.2 Å². The summed E-state index contributed by atoms with van der Waals surface area (Å²) in [6.07, 6.45) is 6.17. The zero-order valence-electron chi connectivity index (χ0n) is 16.3. The number of aromatic nitrogens is 3. The number of aryl methyl sites for hydroxylation is 1. The van der Waals surface area contributed by atoms with Crippen LogP contribution in [0.4, 0.5) is 5.69 Å². The van der Waals surface area contributed by atoms with Crippen molar-refractivity contribution < 1.29 is 14.4 Å². The van der Waals surface area contributed by atoms with Crippen molar-refractivity contribution in [3.05, 3.63) is 38.4 Å². The fourth-order valence-corrected chi connectivity index (χ4v) is 2.81. The van der Waals surface area contributed by atoms with E-state index in [9.17, 15) is 10.1 Å². The van der Waals surface area contributed by atoms with E-state index in [1.807, 2.05) is 6.92 Å². The molecule has 28 heavy (non-hydrogen) atoms. The van der Waals surface area contributed by atoms with Gasteiger partial charge in [-0.1, -0.05) is 33.1 Å². The van der Waals surface area contributed by atoms with E-state index in [1.54, 1.807) is 6.07 Å². The predicted molar refractivity (Wildman–Crippen MR) is 109 cm³/mol. The zero-order chi connectivity index (χ0) is 20.5. The summed E-state index contributed by atoms with van der Waals surface area (Å²) in [6, 6.07) is 3.05. The molecule has 1 heterocycles. The van der Waals surface area contributed by atoms with Gasteiger partial charge in [0, 0.05) is 18.1 Å². The van der Waals surface area contributed by atoms with E-state index in [-0.39, 0.29) is 17.2 Å². The maximum atomic E-state index is 11.6. The number of H-pyrrole nitrogens is 1. The van der Waals surface area contributed by atoms with Crippen molar-refractivity contribution in [2.45, 2.75) is 46.0 Å². The minimum Gasteiger partial charge on any atom is -0.493 e. The van der Waals surface area contributed by atoms with Crippen LogP contribution in [0.2, 0.25) is 0 Å². The van der Waals surface area contributed by atoms with Crippen LogP contribution >= 0.6 is 12.2 Å². The summed E-state index contributed by atoms with van der Waals surface area (Å²) in [4.78, 5) is 11.1. The van der Waals surface area contributed by atoms with E-state index in [0.717, 1.165) is 25.7 Å².